The van der Waals surface area contributed by atoms with Crippen LogP contribution in [0.4, 0.5) is 29.5 Å². The Hall–Kier alpha value is -1.91. The Kier molecular flexibility index (Phi) is 5.03. The molecule has 7 nitrogen and oxygen atoms in total. The lowest BCUT2D eigenvalue weighted by atomic mass is 10.3. The minimum absolute atomic E-state index is 0.152. The van der Waals surface area contributed by atoms with Crippen molar-refractivity contribution < 1.29 is 22.3 Å². The number of ether oxygens (including phenoxy) is 1. The zero-order chi connectivity index (χ0) is 14.5. The molecule has 0 radical (unpaired) electrons. The molecule has 0 aliphatic heterocycles. The van der Waals surface area contributed by atoms with Crippen molar-refractivity contribution in [3.63, 3.8) is 0 Å². The van der Waals surface area contributed by atoms with E-state index < -0.39 is 18.9 Å². The summed E-state index contributed by atoms with van der Waals surface area (Å²) in [5.41, 5.74) is 2.07. The highest BCUT2D eigenvalue weighted by atomic mass is 19.3. The molecule has 1 aromatic heterocycles. The fourth-order valence-corrected chi connectivity index (χ4v) is 0.968. The maximum absolute atomic E-state index is 12.7. The van der Waals surface area contributed by atoms with Gasteiger partial charge < -0.3 is 10.1 Å². The van der Waals surface area contributed by atoms with Crippen LogP contribution in [0.2, 0.25) is 0 Å². The molecule has 19 heavy (non-hydrogen) atoms. The molecule has 0 aliphatic rings. The molecule has 0 bridgehead atoms. The highest BCUT2D eigenvalue weighted by Crippen LogP contribution is 2.23. The Morgan fingerprint density at radius 3 is 2.42 bits per heavy atom. The molecule has 1 heterocycles. The number of halogens is 4. The third-order valence-corrected chi connectivity index (χ3v) is 1.82. The second kappa shape index (κ2) is 6.31. The SMILES string of the molecule is CCOc1nc(NN)nc(NCC(F)(F)C(F)F)n1. The molecule has 0 saturated carbocycles. The average molecular weight is 284 g/mol. The van der Waals surface area contributed by atoms with E-state index in [9.17, 15) is 17.6 Å². The molecule has 0 atom stereocenters. The van der Waals surface area contributed by atoms with Gasteiger partial charge in [0.2, 0.25) is 11.9 Å². The zero-order valence-corrected chi connectivity index (χ0v) is 9.83. The van der Waals surface area contributed by atoms with Crippen molar-refractivity contribution in [1.29, 1.82) is 0 Å². The largest absolute Gasteiger partial charge is 0.464 e. The summed E-state index contributed by atoms with van der Waals surface area (Å²) in [6.07, 6.45) is -3.79. The van der Waals surface area contributed by atoms with E-state index in [2.05, 4.69) is 20.4 Å². The van der Waals surface area contributed by atoms with Gasteiger partial charge in [0.05, 0.1) is 13.2 Å². The topological polar surface area (TPSA) is 98.0 Å². The highest BCUT2D eigenvalue weighted by Gasteiger charge is 2.40. The molecule has 0 saturated heterocycles. The van der Waals surface area contributed by atoms with Crippen molar-refractivity contribution in [3.05, 3.63) is 0 Å². The van der Waals surface area contributed by atoms with Crippen LogP contribution in [0, 0.1) is 0 Å². The maximum Gasteiger partial charge on any atom is 0.324 e. The normalized spacial score (nSPS) is 11.5. The smallest absolute Gasteiger partial charge is 0.324 e. The van der Waals surface area contributed by atoms with E-state index in [1.807, 2.05) is 5.32 Å². The third kappa shape index (κ3) is 4.35. The Morgan fingerprint density at radius 1 is 1.26 bits per heavy atom. The van der Waals surface area contributed by atoms with Crippen LogP contribution in [0.5, 0.6) is 6.01 Å². The summed E-state index contributed by atoms with van der Waals surface area (Å²) in [6.45, 7) is 0.544. The number of alkyl halides is 4. The molecule has 0 aliphatic carbocycles. The van der Waals surface area contributed by atoms with Gasteiger partial charge in [-0.25, -0.2) is 14.6 Å². The molecule has 11 heteroatoms. The minimum atomic E-state index is -4.20. The Labute approximate surface area is 105 Å². The molecule has 0 amide bonds. The van der Waals surface area contributed by atoms with Crippen molar-refractivity contribution in [2.75, 3.05) is 23.9 Å². The first-order valence-electron chi connectivity index (χ1n) is 5.14. The lowest BCUT2D eigenvalue weighted by molar-refractivity contribution is -0.117. The second-order valence-corrected chi connectivity index (χ2v) is 3.26. The predicted molar refractivity (Wildman–Crippen MR) is 58.2 cm³/mol. The number of anilines is 2. The standard InChI is InChI=1S/C8H12F4N6O/c1-2-19-7-16-5(15-6(17-7)18-13)14-3-8(11,12)4(9)10/h4H,2-3,13H2,1H3,(H2,14,15,16,17,18). The van der Waals surface area contributed by atoms with E-state index >= 15 is 0 Å². The number of aromatic nitrogens is 3. The first-order chi connectivity index (χ1) is 8.89. The van der Waals surface area contributed by atoms with E-state index in [1.54, 1.807) is 6.92 Å². The van der Waals surface area contributed by atoms with Crippen LogP contribution in [-0.4, -0.2) is 40.5 Å². The number of hydrazine groups is 1. The number of nitrogens with zero attached hydrogens (tertiary/aromatic N) is 3. The van der Waals surface area contributed by atoms with E-state index in [0.717, 1.165) is 0 Å². The second-order valence-electron chi connectivity index (χ2n) is 3.26. The van der Waals surface area contributed by atoms with Crippen molar-refractivity contribution in [1.82, 2.24) is 15.0 Å². The van der Waals surface area contributed by atoms with Crippen LogP contribution in [0.25, 0.3) is 0 Å². The number of hydrogen-bond donors (Lipinski definition) is 3. The van der Waals surface area contributed by atoms with Gasteiger partial charge in [0.25, 0.3) is 0 Å². The summed E-state index contributed by atoms with van der Waals surface area (Å²) in [5.74, 6) is 0.354. The first kappa shape index (κ1) is 15.1. The summed E-state index contributed by atoms with van der Waals surface area (Å²) in [5, 5.41) is 1.97. The minimum Gasteiger partial charge on any atom is -0.464 e. The maximum atomic E-state index is 12.7. The van der Waals surface area contributed by atoms with Crippen molar-refractivity contribution in [2.24, 2.45) is 5.84 Å². The highest BCUT2D eigenvalue weighted by molar-refractivity contribution is 5.35. The van der Waals surface area contributed by atoms with Gasteiger partial charge in [-0.2, -0.15) is 23.7 Å². The summed E-state index contributed by atoms with van der Waals surface area (Å²) in [6, 6.07) is -0.173. The number of nitrogens with one attached hydrogen (secondary N) is 2. The van der Waals surface area contributed by atoms with Gasteiger partial charge >= 0.3 is 18.4 Å². The van der Waals surface area contributed by atoms with Gasteiger partial charge in [-0.05, 0) is 6.92 Å². The van der Waals surface area contributed by atoms with Gasteiger partial charge in [0, 0.05) is 0 Å². The van der Waals surface area contributed by atoms with Gasteiger partial charge in [-0.3, -0.25) is 5.43 Å². The molecule has 4 N–H and O–H groups in total. The van der Waals surface area contributed by atoms with Gasteiger partial charge in [0.15, 0.2) is 0 Å². The Balaban J connectivity index is 2.80. The Morgan fingerprint density at radius 2 is 1.89 bits per heavy atom. The molecule has 0 spiro atoms. The van der Waals surface area contributed by atoms with E-state index in [1.165, 1.54) is 0 Å². The van der Waals surface area contributed by atoms with Gasteiger partial charge in [-0.1, -0.05) is 0 Å². The Bertz CT molecular complexity index is 418. The predicted octanol–water partition coefficient (Wildman–Crippen LogP) is 0.868. The lowest BCUT2D eigenvalue weighted by Crippen LogP contribution is -2.35. The van der Waals surface area contributed by atoms with Crippen LogP contribution < -0.4 is 21.3 Å². The van der Waals surface area contributed by atoms with Crippen molar-refractivity contribution in [3.8, 4) is 6.01 Å². The number of rotatable bonds is 7. The number of nitrogens with two attached hydrogens (primary N) is 1. The molecule has 0 unspecified atom stereocenters. The molecule has 108 valence electrons. The van der Waals surface area contributed by atoms with E-state index in [4.69, 9.17) is 10.6 Å². The molecular weight excluding hydrogens is 272 g/mol. The van der Waals surface area contributed by atoms with E-state index in [-0.39, 0.29) is 24.5 Å². The van der Waals surface area contributed by atoms with Crippen molar-refractivity contribution in [2.45, 2.75) is 19.3 Å². The number of hydrogen-bond acceptors (Lipinski definition) is 7. The van der Waals surface area contributed by atoms with Crippen LogP contribution >= 0.6 is 0 Å². The van der Waals surface area contributed by atoms with Crippen LogP contribution in [0.15, 0.2) is 0 Å². The number of nitrogen functional groups attached to an aromatic ring is 1. The zero-order valence-electron chi connectivity index (χ0n) is 9.83. The third-order valence-electron chi connectivity index (χ3n) is 1.82. The monoisotopic (exact) mass is 284 g/mol. The van der Waals surface area contributed by atoms with Gasteiger partial charge in [-0.15, -0.1) is 0 Å². The lowest BCUT2D eigenvalue weighted by Gasteiger charge is -2.16. The fraction of sp³-hybridized carbons (Fsp3) is 0.625. The summed E-state index contributed by atoms with van der Waals surface area (Å²) in [4.78, 5) is 10.8. The average Bonchev–Trinajstić information content (AvgIpc) is 2.36. The molecule has 1 rings (SSSR count). The van der Waals surface area contributed by atoms with Crippen LogP contribution in [-0.2, 0) is 0 Å². The molecular formula is C8H12F4N6O. The van der Waals surface area contributed by atoms with Crippen molar-refractivity contribution >= 4 is 11.9 Å². The molecule has 0 aromatic carbocycles. The fourth-order valence-electron chi connectivity index (χ4n) is 0.968. The summed E-state index contributed by atoms with van der Waals surface area (Å²) in [7, 11) is 0. The molecule has 0 fully saturated rings. The van der Waals surface area contributed by atoms with Crippen LogP contribution in [0.3, 0.4) is 0 Å². The summed E-state index contributed by atoms with van der Waals surface area (Å²) < 4.78 is 54.3. The van der Waals surface area contributed by atoms with Crippen LogP contribution in [0.1, 0.15) is 6.92 Å². The van der Waals surface area contributed by atoms with Gasteiger partial charge in [0.1, 0.15) is 0 Å². The first-order valence-corrected chi connectivity index (χ1v) is 5.14. The van der Waals surface area contributed by atoms with E-state index in [0.29, 0.717) is 0 Å². The summed E-state index contributed by atoms with van der Waals surface area (Å²) >= 11 is 0. The quantitative estimate of drug-likeness (QED) is 0.388. The molecule has 1 aromatic rings.